The average molecular weight is 495 g/mol. The fourth-order valence-electron chi connectivity index (χ4n) is 5.73. The van der Waals surface area contributed by atoms with Gasteiger partial charge < -0.3 is 26.0 Å². The average Bonchev–Trinajstić information content (AvgIpc) is 3.48. The van der Waals surface area contributed by atoms with E-state index in [0.717, 1.165) is 36.0 Å². The van der Waals surface area contributed by atoms with E-state index in [1.807, 2.05) is 24.3 Å². The SMILES string of the molecule is CC(C)(O)CNC(=O)C(=O)NC1CC2(c3ccc(NC(=O)N4Cc5ccc(F)cc5C4)cc3)CC1C2. The molecule has 0 aromatic heterocycles. The molecule has 2 bridgehead atoms. The molecule has 1 atom stereocenters. The van der Waals surface area contributed by atoms with Crippen molar-refractivity contribution in [3.63, 3.8) is 0 Å². The summed E-state index contributed by atoms with van der Waals surface area (Å²) in [6.07, 6.45) is 2.64. The highest BCUT2D eigenvalue weighted by Crippen LogP contribution is 2.59. The lowest BCUT2D eigenvalue weighted by Gasteiger charge is -2.39. The van der Waals surface area contributed by atoms with E-state index < -0.39 is 17.4 Å². The van der Waals surface area contributed by atoms with Crippen molar-refractivity contribution in [2.75, 3.05) is 11.9 Å². The molecule has 1 heterocycles. The molecular weight excluding hydrogens is 463 g/mol. The molecule has 3 saturated carbocycles. The van der Waals surface area contributed by atoms with Crippen molar-refractivity contribution in [3.05, 3.63) is 65.0 Å². The van der Waals surface area contributed by atoms with Gasteiger partial charge in [0.2, 0.25) is 0 Å². The van der Waals surface area contributed by atoms with Crippen LogP contribution in [0.2, 0.25) is 0 Å². The monoisotopic (exact) mass is 494 g/mol. The predicted octanol–water partition coefficient (Wildman–Crippen LogP) is 2.80. The van der Waals surface area contributed by atoms with Crippen LogP contribution in [0.15, 0.2) is 42.5 Å². The molecule has 8 nitrogen and oxygen atoms in total. The number of halogens is 1. The third kappa shape index (κ3) is 4.80. The van der Waals surface area contributed by atoms with Crippen LogP contribution in [0.1, 0.15) is 49.8 Å². The van der Waals surface area contributed by atoms with Crippen LogP contribution in [-0.4, -0.2) is 46.0 Å². The van der Waals surface area contributed by atoms with Crippen molar-refractivity contribution in [3.8, 4) is 0 Å². The maximum atomic E-state index is 13.5. The Kier molecular flexibility index (Phi) is 5.98. The summed E-state index contributed by atoms with van der Waals surface area (Å²) in [4.78, 5) is 38.7. The number of rotatable bonds is 5. The standard InChI is InChI=1S/C27H31FN4O4/c1-26(2,36)15-29-23(33)24(34)31-22-12-27(10-18(22)11-27)19-4-7-21(8-5-19)30-25(35)32-13-16-3-6-20(28)9-17(16)14-32/h3-9,18,22,36H,10-15H2,1-2H3,(H,29,33)(H,30,35)(H,31,34). The first-order valence-corrected chi connectivity index (χ1v) is 12.3. The molecule has 4 aliphatic rings. The molecule has 1 unspecified atom stereocenters. The zero-order valence-corrected chi connectivity index (χ0v) is 20.4. The number of hydrogen-bond donors (Lipinski definition) is 4. The first-order chi connectivity index (χ1) is 17.0. The zero-order chi connectivity index (χ0) is 25.7. The number of benzene rings is 2. The van der Waals surface area contributed by atoms with E-state index >= 15 is 0 Å². The molecule has 0 spiro atoms. The van der Waals surface area contributed by atoms with Gasteiger partial charge in [0.1, 0.15) is 5.82 Å². The number of amides is 4. The lowest BCUT2D eigenvalue weighted by molar-refractivity contribution is -0.140. The van der Waals surface area contributed by atoms with Gasteiger partial charge in [-0.2, -0.15) is 0 Å². The fourth-order valence-corrected chi connectivity index (χ4v) is 5.73. The topological polar surface area (TPSA) is 111 Å². The minimum Gasteiger partial charge on any atom is -0.389 e. The van der Waals surface area contributed by atoms with Crippen LogP contribution >= 0.6 is 0 Å². The Balaban J connectivity index is 1.14. The number of fused-ring (bicyclic) bond motifs is 2. The molecule has 190 valence electrons. The van der Waals surface area contributed by atoms with Crippen LogP contribution < -0.4 is 16.0 Å². The number of nitrogens with zero attached hydrogens (tertiary/aromatic N) is 1. The second-order valence-electron chi connectivity index (χ2n) is 11.0. The van der Waals surface area contributed by atoms with Gasteiger partial charge in [0.25, 0.3) is 0 Å². The Labute approximate surface area is 209 Å². The van der Waals surface area contributed by atoms with Crippen LogP contribution in [-0.2, 0) is 28.1 Å². The van der Waals surface area contributed by atoms with Crippen LogP contribution in [0, 0.1) is 11.7 Å². The van der Waals surface area contributed by atoms with Gasteiger partial charge in [0.15, 0.2) is 0 Å². The van der Waals surface area contributed by atoms with E-state index in [2.05, 4.69) is 16.0 Å². The van der Waals surface area contributed by atoms with Crippen molar-refractivity contribution in [1.82, 2.24) is 15.5 Å². The maximum Gasteiger partial charge on any atom is 0.322 e. The first-order valence-electron chi connectivity index (χ1n) is 12.3. The van der Waals surface area contributed by atoms with Crippen LogP contribution in [0.3, 0.4) is 0 Å². The van der Waals surface area contributed by atoms with Crippen molar-refractivity contribution in [2.45, 2.75) is 63.3 Å². The lowest BCUT2D eigenvalue weighted by Crippen LogP contribution is -2.48. The molecule has 4 N–H and O–H groups in total. The van der Waals surface area contributed by atoms with Crippen molar-refractivity contribution in [2.24, 2.45) is 5.92 Å². The number of aliphatic hydroxyl groups is 1. The second-order valence-corrected chi connectivity index (χ2v) is 11.0. The Morgan fingerprint density at radius 2 is 1.72 bits per heavy atom. The van der Waals surface area contributed by atoms with Gasteiger partial charge in [-0.15, -0.1) is 0 Å². The molecule has 4 amide bonds. The molecular formula is C27H31FN4O4. The quantitative estimate of drug-likeness (QED) is 0.479. The van der Waals surface area contributed by atoms with E-state index in [4.69, 9.17) is 0 Å². The van der Waals surface area contributed by atoms with Crippen molar-refractivity contribution < 1.29 is 23.9 Å². The number of nitrogens with one attached hydrogen (secondary N) is 3. The summed E-state index contributed by atoms with van der Waals surface area (Å²) in [6.45, 7) is 3.96. The molecule has 3 fully saturated rings. The summed E-state index contributed by atoms with van der Waals surface area (Å²) in [5.41, 5.74) is 2.51. The van der Waals surface area contributed by atoms with E-state index in [1.165, 1.54) is 12.1 Å². The van der Waals surface area contributed by atoms with E-state index in [1.54, 1.807) is 24.8 Å². The summed E-state index contributed by atoms with van der Waals surface area (Å²) in [5.74, 6) is -1.37. The number of carbonyl (C=O) groups is 3. The molecule has 2 aromatic rings. The molecule has 36 heavy (non-hydrogen) atoms. The van der Waals surface area contributed by atoms with E-state index in [9.17, 15) is 23.9 Å². The largest absolute Gasteiger partial charge is 0.389 e. The van der Waals surface area contributed by atoms with Gasteiger partial charge in [-0.3, -0.25) is 9.59 Å². The number of urea groups is 1. The number of carbonyl (C=O) groups excluding carboxylic acids is 3. The van der Waals surface area contributed by atoms with Gasteiger partial charge in [-0.05, 0) is 85.4 Å². The summed E-state index contributed by atoms with van der Waals surface area (Å²) < 4.78 is 13.5. The minimum atomic E-state index is -1.08. The first kappa shape index (κ1) is 24.2. The van der Waals surface area contributed by atoms with E-state index in [-0.39, 0.29) is 29.8 Å². The van der Waals surface area contributed by atoms with Gasteiger partial charge in [0, 0.05) is 31.4 Å². The van der Waals surface area contributed by atoms with Crippen molar-refractivity contribution in [1.29, 1.82) is 0 Å². The maximum absolute atomic E-state index is 13.5. The minimum absolute atomic E-state index is 0.00339. The van der Waals surface area contributed by atoms with Crippen LogP contribution in [0.25, 0.3) is 0 Å². The third-order valence-corrected chi connectivity index (χ3v) is 7.62. The summed E-state index contributed by atoms with van der Waals surface area (Å²) in [6, 6.07) is 12.1. The molecule has 0 saturated heterocycles. The highest BCUT2D eigenvalue weighted by atomic mass is 19.1. The fraction of sp³-hybridized carbons (Fsp3) is 0.444. The van der Waals surface area contributed by atoms with Crippen LogP contribution in [0.4, 0.5) is 14.9 Å². The molecule has 1 aliphatic heterocycles. The summed E-state index contributed by atoms with van der Waals surface area (Å²) in [7, 11) is 0. The summed E-state index contributed by atoms with van der Waals surface area (Å²) >= 11 is 0. The molecule has 9 heteroatoms. The van der Waals surface area contributed by atoms with Gasteiger partial charge >= 0.3 is 17.8 Å². The van der Waals surface area contributed by atoms with Gasteiger partial charge in [0.05, 0.1) is 5.60 Å². The van der Waals surface area contributed by atoms with Crippen molar-refractivity contribution >= 4 is 23.5 Å². The second kappa shape index (κ2) is 8.89. The molecule has 3 aliphatic carbocycles. The predicted molar refractivity (Wildman–Crippen MR) is 131 cm³/mol. The Hall–Kier alpha value is -3.46. The number of hydrogen-bond acceptors (Lipinski definition) is 4. The number of anilines is 1. The van der Waals surface area contributed by atoms with Gasteiger partial charge in [-0.1, -0.05) is 18.2 Å². The molecule has 0 radical (unpaired) electrons. The lowest BCUT2D eigenvalue weighted by atomic mass is 9.65. The summed E-state index contributed by atoms with van der Waals surface area (Å²) in [5, 5.41) is 18.0. The molecule has 2 aromatic carbocycles. The van der Waals surface area contributed by atoms with E-state index in [0.29, 0.717) is 24.7 Å². The van der Waals surface area contributed by atoms with Crippen LogP contribution in [0.5, 0.6) is 0 Å². The highest BCUT2D eigenvalue weighted by Gasteiger charge is 2.57. The smallest absolute Gasteiger partial charge is 0.322 e. The normalized spacial score (nSPS) is 24.1. The van der Waals surface area contributed by atoms with Gasteiger partial charge in [-0.25, -0.2) is 9.18 Å². The Bertz CT molecular complexity index is 1200. The molecule has 6 rings (SSSR count). The Morgan fingerprint density at radius 3 is 2.42 bits per heavy atom. The highest BCUT2D eigenvalue weighted by molar-refractivity contribution is 6.35. The zero-order valence-electron chi connectivity index (χ0n) is 20.4. The Morgan fingerprint density at radius 1 is 1.03 bits per heavy atom. The third-order valence-electron chi connectivity index (χ3n) is 7.62.